The van der Waals surface area contributed by atoms with Crippen LogP contribution in [0.2, 0.25) is 0 Å². The lowest BCUT2D eigenvalue weighted by Gasteiger charge is -2.17. The third kappa shape index (κ3) is 2.03. The number of hydrogen-bond donors (Lipinski definition) is 2. The molecule has 3 heteroatoms. The first-order valence-electron chi connectivity index (χ1n) is 4.19. The van der Waals surface area contributed by atoms with Gasteiger partial charge in [0.25, 0.3) is 0 Å². The summed E-state index contributed by atoms with van der Waals surface area (Å²) < 4.78 is 0. The van der Waals surface area contributed by atoms with E-state index in [2.05, 4.69) is 43.6 Å². The van der Waals surface area contributed by atoms with Gasteiger partial charge >= 0.3 is 0 Å². The van der Waals surface area contributed by atoms with Gasteiger partial charge in [0.05, 0.1) is 6.20 Å². The van der Waals surface area contributed by atoms with E-state index >= 15 is 0 Å². The number of aromatic nitrogens is 2. The topological polar surface area (TPSA) is 28.7 Å². The first kappa shape index (κ1) is 9.65. The molecule has 1 heterocycles. The zero-order chi connectivity index (χ0) is 9.19. The van der Waals surface area contributed by atoms with E-state index in [1.807, 2.05) is 6.20 Å². The third-order valence-electron chi connectivity index (χ3n) is 1.85. The molecule has 0 bridgehead atoms. The van der Waals surface area contributed by atoms with Crippen LogP contribution in [0.3, 0.4) is 0 Å². The van der Waals surface area contributed by atoms with Crippen LogP contribution in [-0.4, -0.2) is 16.0 Å². The molecular weight excluding hydrogens is 168 g/mol. The Labute approximate surface area is 79.2 Å². The molecule has 68 valence electrons. The van der Waals surface area contributed by atoms with Crippen molar-refractivity contribution >= 4 is 12.6 Å². The summed E-state index contributed by atoms with van der Waals surface area (Å²) >= 11 is 4.21. The van der Waals surface area contributed by atoms with Crippen LogP contribution in [0, 0.1) is 0 Å². The Morgan fingerprint density at radius 1 is 1.50 bits per heavy atom. The lowest BCUT2D eigenvalue weighted by atomic mass is 9.89. The summed E-state index contributed by atoms with van der Waals surface area (Å²) in [4.78, 5) is 0. The molecule has 0 saturated carbocycles. The van der Waals surface area contributed by atoms with E-state index in [9.17, 15) is 0 Å². The fourth-order valence-electron chi connectivity index (χ4n) is 1.27. The second-order valence-electron chi connectivity index (χ2n) is 3.99. The van der Waals surface area contributed by atoms with Crippen LogP contribution in [0.25, 0.3) is 0 Å². The van der Waals surface area contributed by atoms with Crippen molar-refractivity contribution in [3.8, 4) is 0 Å². The van der Waals surface area contributed by atoms with E-state index in [1.165, 1.54) is 11.3 Å². The van der Waals surface area contributed by atoms with Crippen molar-refractivity contribution in [3.05, 3.63) is 17.5 Å². The molecule has 12 heavy (non-hydrogen) atoms. The number of hydrogen-bond acceptors (Lipinski definition) is 2. The monoisotopic (exact) mass is 184 g/mol. The summed E-state index contributed by atoms with van der Waals surface area (Å²) in [7, 11) is 0. The maximum absolute atomic E-state index is 4.21. The number of rotatable bonds is 2. The van der Waals surface area contributed by atoms with Crippen LogP contribution in [-0.2, 0) is 11.8 Å². The minimum Gasteiger partial charge on any atom is -0.282 e. The van der Waals surface area contributed by atoms with E-state index in [0.29, 0.717) is 0 Å². The van der Waals surface area contributed by atoms with Crippen LogP contribution in [0.1, 0.15) is 32.0 Å². The summed E-state index contributed by atoms with van der Waals surface area (Å²) in [5, 5.41) is 7.09. The van der Waals surface area contributed by atoms with Crippen molar-refractivity contribution in [2.75, 3.05) is 5.75 Å². The van der Waals surface area contributed by atoms with Crippen molar-refractivity contribution in [2.45, 2.75) is 32.6 Å². The predicted octanol–water partition coefficient (Wildman–Crippen LogP) is 2.18. The van der Waals surface area contributed by atoms with Gasteiger partial charge in [-0.2, -0.15) is 17.7 Å². The molecule has 1 aromatic rings. The van der Waals surface area contributed by atoms with Crippen molar-refractivity contribution in [2.24, 2.45) is 0 Å². The van der Waals surface area contributed by atoms with Crippen LogP contribution in [0.4, 0.5) is 0 Å². The van der Waals surface area contributed by atoms with Gasteiger partial charge in [-0.25, -0.2) is 0 Å². The Hall–Kier alpha value is -0.440. The van der Waals surface area contributed by atoms with E-state index in [0.717, 1.165) is 12.2 Å². The zero-order valence-corrected chi connectivity index (χ0v) is 8.78. The molecule has 2 nitrogen and oxygen atoms in total. The Kier molecular flexibility index (Phi) is 2.83. The lowest BCUT2D eigenvalue weighted by molar-refractivity contribution is 0.561. The lowest BCUT2D eigenvalue weighted by Crippen LogP contribution is -2.14. The van der Waals surface area contributed by atoms with Crippen LogP contribution in [0.15, 0.2) is 6.20 Å². The molecule has 0 aliphatic heterocycles. The number of aryl methyl sites for hydroxylation is 1. The van der Waals surface area contributed by atoms with Crippen LogP contribution < -0.4 is 0 Å². The molecule has 0 aromatic carbocycles. The molecule has 1 N–H and O–H groups in total. The summed E-state index contributed by atoms with van der Waals surface area (Å²) in [6, 6.07) is 0. The van der Waals surface area contributed by atoms with E-state index in [-0.39, 0.29) is 5.41 Å². The van der Waals surface area contributed by atoms with E-state index < -0.39 is 0 Å². The maximum Gasteiger partial charge on any atom is 0.0522 e. The minimum atomic E-state index is 0.161. The standard InChI is InChI=1S/C9H16N2S/c1-9(2,3)8-7(4-5-12)6-10-11-8/h6,12H,4-5H2,1-3H3,(H,10,11). The van der Waals surface area contributed by atoms with Gasteiger partial charge in [-0.15, -0.1) is 0 Å². The van der Waals surface area contributed by atoms with Crippen LogP contribution >= 0.6 is 12.6 Å². The molecule has 0 saturated heterocycles. The Morgan fingerprint density at radius 2 is 2.17 bits per heavy atom. The second-order valence-corrected chi connectivity index (χ2v) is 4.44. The highest BCUT2D eigenvalue weighted by Gasteiger charge is 2.18. The van der Waals surface area contributed by atoms with Gasteiger partial charge in [0, 0.05) is 11.1 Å². The molecule has 0 amide bonds. The molecule has 1 aromatic heterocycles. The molecular formula is C9H16N2S. The number of H-pyrrole nitrogens is 1. The molecule has 0 aliphatic rings. The zero-order valence-electron chi connectivity index (χ0n) is 7.89. The molecule has 0 radical (unpaired) electrons. The predicted molar refractivity (Wildman–Crippen MR) is 54.8 cm³/mol. The van der Waals surface area contributed by atoms with Gasteiger partial charge in [0.2, 0.25) is 0 Å². The van der Waals surface area contributed by atoms with Gasteiger partial charge in [-0.05, 0) is 17.7 Å². The highest BCUT2D eigenvalue weighted by Crippen LogP contribution is 2.23. The Balaban J connectivity index is 2.91. The maximum atomic E-state index is 4.21. The fraction of sp³-hybridized carbons (Fsp3) is 0.667. The molecule has 0 atom stereocenters. The molecule has 1 rings (SSSR count). The normalized spacial score (nSPS) is 12.0. The van der Waals surface area contributed by atoms with Crippen LogP contribution in [0.5, 0.6) is 0 Å². The highest BCUT2D eigenvalue weighted by atomic mass is 32.1. The number of nitrogens with one attached hydrogen (secondary N) is 1. The van der Waals surface area contributed by atoms with Gasteiger partial charge in [-0.3, -0.25) is 5.10 Å². The average molecular weight is 184 g/mol. The largest absolute Gasteiger partial charge is 0.282 e. The van der Waals surface area contributed by atoms with Crippen molar-refractivity contribution in [1.82, 2.24) is 10.2 Å². The first-order chi connectivity index (χ1) is 5.55. The SMILES string of the molecule is CC(C)(C)c1[nH]ncc1CCS. The number of nitrogens with zero attached hydrogens (tertiary/aromatic N) is 1. The van der Waals surface area contributed by atoms with Gasteiger partial charge in [-0.1, -0.05) is 20.8 Å². The van der Waals surface area contributed by atoms with Crippen molar-refractivity contribution < 1.29 is 0 Å². The fourth-order valence-corrected chi connectivity index (χ4v) is 1.51. The third-order valence-corrected chi connectivity index (χ3v) is 2.07. The smallest absolute Gasteiger partial charge is 0.0522 e. The van der Waals surface area contributed by atoms with E-state index in [1.54, 1.807) is 0 Å². The molecule has 0 unspecified atom stereocenters. The Bertz CT molecular complexity index is 247. The Morgan fingerprint density at radius 3 is 2.67 bits per heavy atom. The van der Waals surface area contributed by atoms with Gasteiger partial charge in [0.1, 0.15) is 0 Å². The van der Waals surface area contributed by atoms with Gasteiger partial charge < -0.3 is 0 Å². The first-order valence-corrected chi connectivity index (χ1v) is 4.82. The average Bonchev–Trinajstić information content (AvgIpc) is 2.34. The highest BCUT2D eigenvalue weighted by molar-refractivity contribution is 7.80. The summed E-state index contributed by atoms with van der Waals surface area (Å²) in [6.45, 7) is 6.55. The summed E-state index contributed by atoms with van der Waals surface area (Å²) in [5.41, 5.74) is 2.68. The number of aromatic amines is 1. The quantitative estimate of drug-likeness (QED) is 0.678. The molecule has 0 fully saturated rings. The minimum absolute atomic E-state index is 0.161. The number of thiol groups is 1. The molecule has 0 spiro atoms. The summed E-state index contributed by atoms with van der Waals surface area (Å²) in [6.07, 6.45) is 2.89. The van der Waals surface area contributed by atoms with Gasteiger partial charge in [0.15, 0.2) is 0 Å². The summed E-state index contributed by atoms with van der Waals surface area (Å²) in [5.74, 6) is 0.878. The second kappa shape index (κ2) is 3.52. The van der Waals surface area contributed by atoms with E-state index in [4.69, 9.17) is 0 Å². The molecule has 0 aliphatic carbocycles. The van der Waals surface area contributed by atoms with Crippen molar-refractivity contribution in [3.63, 3.8) is 0 Å². The van der Waals surface area contributed by atoms with Crippen molar-refractivity contribution in [1.29, 1.82) is 0 Å².